The van der Waals surface area contributed by atoms with Crippen LogP contribution in [0.25, 0.3) is 0 Å². The minimum atomic E-state index is 0.0185. The second kappa shape index (κ2) is 3.35. The first-order valence-electron chi connectivity index (χ1n) is 4.01. The number of pyridine rings is 1. The van der Waals surface area contributed by atoms with E-state index in [1.807, 2.05) is 6.07 Å². The summed E-state index contributed by atoms with van der Waals surface area (Å²) < 4.78 is 0. The average Bonchev–Trinajstić information content (AvgIpc) is 2.02. The summed E-state index contributed by atoms with van der Waals surface area (Å²) in [5.41, 5.74) is 1.34. The molecule has 0 aliphatic heterocycles. The van der Waals surface area contributed by atoms with Gasteiger partial charge in [0, 0.05) is 6.20 Å². The van der Waals surface area contributed by atoms with Gasteiger partial charge >= 0.3 is 0 Å². The van der Waals surface area contributed by atoms with Crippen molar-refractivity contribution in [2.75, 3.05) is 0 Å². The molecule has 0 atom stereocenters. The van der Waals surface area contributed by atoms with E-state index < -0.39 is 0 Å². The van der Waals surface area contributed by atoms with Gasteiger partial charge in [-0.2, -0.15) is 5.26 Å². The quantitative estimate of drug-likeness (QED) is 0.637. The summed E-state index contributed by atoms with van der Waals surface area (Å²) in [5, 5.41) is 9.04. The Morgan fingerprint density at radius 3 is 2.46 bits per heavy atom. The van der Waals surface area contributed by atoms with Crippen LogP contribution in [0.1, 0.15) is 32.0 Å². The van der Waals surface area contributed by atoms with Crippen molar-refractivity contribution < 1.29 is 0 Å². The van der Waals surface area contributed by atoms with Crippen molar-refractivity contribution in [2.45, 2.75) is 26.2 Å². The molecular formula is C10H11ClN2. The topological polar surface area (TPSA) is 36.7 Å². The molecule has 68 valence electrons. The molecule has 0 spiro atoms. The number of nitriles is 1. The summed E-state index contributed by atoms with van der Waals surface area (Å²) in [4.78, 5) is 3.97. The van der Waals surface area contributed by atoms with Crippen molar-refractivity contribution >= 4 is 11.6 Å². The minimum Gasteiger partial charge on any atom is -0.244 e. The highest BCUT2D eigenvalue weighted by Crippen LogP contribution is 2.24. The molecule has 0 saturated carbocycles. The molecule has 0 N–H and O–H groups in total. The number of hydrogen-bond acceptors (Lipinski definition) is 2. The second-order valence-electron chi connectivity index (χ2n) is 3.92. The maximum atomic E-state index is 8.62. The fraction of sp³-hybridized carbons (Fsp3) is 0.400. The van der Waals surface area contributed by atoms with E-state index in [9.17, 15) is 0 Å². The molecule has 0 aromatic carbocycles. The van der Waals surface area contributed by atoms with Crippen LogP contribution in [0.4, 0.5) is 0 Å². The normalized spacial score (nSPS) is 11.0. The molecule has 1 aromatic rings. The van der Waals surface area contributed by atoms with E-state index in [-0.39, 0.29) is 11.1 Å². The van der Waals surface area contributed by atoms with Crippen LogP contribution in [0.15, 0.2) is 12.3 Å². The van der Waals surface area contributed by atoms with E-state index in [4.69, 9.17) is 16.9 Å². The maximum absolute atomic E-state index is 8.62. The first-order valence-corrected chi connectivity index (χ1v) is 4.39. The van der Waals surface area contributed by atoms with Crippen LogP contribution in [-0.4, -0.2) is 4.98 Å². The first-order chi connectivity index (χ1) is 5.95. The predicted molar refractivity (Wildman–Crippen MR) is 52.7 cm³/mol. The van der Waals surface area contributed by atoms with Crippen molar-refractivity contribution in [3.8, 4) is 6.07 Å². The van der Waals surface area contributed by atoms with E-state index in [0.29, 0.717) is 5.02 Å². The molecule has 0 aliphatic carbocycles. The van der Waals surface area contributed by atoms with Crippen LogP contribution in [0.3, 0.4) is 0 Å². The van der Waals surface area contributed by atoms with Crippen LogP contribution < -0.4 is 0 Å². The Morgan fingerprint density at radius 2 is 2.08 bits per heavy atom. The molecule has 0 fully saturated rings. The summed E-state index contributed by atoms with van der Waals surface area (Å²) in [5.74, 6) is 0. The van der Waals surface area contributed by atoms with E-state index >= 15 is 0 Å². The molecule has 2 nitrogen and oxygen atoms in total. The lowest BCUT2D eigenvalue weighted by molar-refractivity contribution is 0.587. The summed E-state index contributed by atoms with van der Waals surface area (Å²) >= 11 is 5.85. The Hall–Kier alpha value is -1.07. The lowest BCUT2D eigenvalue weighted by Crippen LogP contribution is -2.11. The van der Waals surface area contributed by atoms with Gasteiger partial charge in [-0.3, -0.25) is 0 Å². The van der Waals surface area contributed by atoms with E-state index in [0.717, 1.165) is 5.56 Å². The summed E-state index contributed by atoms with van der Waals surface area (Å²) in [6.07, 6.45) is 1.70. The zero-order valence-electron chi connectivity index (χ0n) is 7.93. The van der Waals surface area contributed by atoms with Crippen LogP contribution >= 0.6 is 11.6 Å². The number of halogens is 1. The van der Waals surface area contributed by atoms with Gasteiger partial charge in [0.25, 0.3) is 0 Å². The van der Waals surface area contributed by atoms with Crippen molar-refractivity contribution in [2.24, 2.45) is 0 Å². The Balaban J connectivity index is 3.20. The van der Waals surface area contributed by atoms with Crippen LogP contribution in [-0.2, 0) is 5.41 Å². The van der Waals surface area contributed by atoms with Gasteiger partial charge in [-0.15, -0.1) is 0 Å². The monoisotopic (exact) mass is 194 g/mol. The lowest BCUT2D eigenvalue weighted by atomic mass is 9.88. The highest BCUT2D eigenvalue weighted by Gasteiger charge is 2.15. The molecular weight excluding hydrogens is 184 g/mol. The Morgan fingerprint density at radius 1 is 1.46 bits per heavy atom. The SMILES string of the molecule is CC(C)(C)c1cnc(C#N)c(Cl)c1. The van der Waals surface area contributed by atoms with E-state index in [1.54, 1.807) is 12.3 Å². The van der Waals surface area contributed by atoms with E-state index in [1.165, 1.54) is 0 Å². The van der Waals surface area contributed by atoms with Crippen molar-refractivity contribution in [3.63, 3.8) is 0 Å². The van der Waals surface area contributed by atoms with E-state index in [2.05, 4.69) is 25.8 Å². The highest BCUT2D eigenvalue weighted by molar-refractivity contribution is 6.31. The standard InChI is InChI=1S/C10H11ClN2/c1-10(2,3)7-4-8(11)9(5-12)13-6-7/h4,6H,1-3H3. The second-order valence-corrected chi connectivity index (χ2v) is 4.32. The lowest BCUT2D eigenvalue weighted by Gasteiger charge is -2.18. The van der Waals surface area contributed by atoms with Gasteiger partial charge < -0.3 is 0 Å². The molecule has 13 heavy (non-hydrogen) atoms. The van der Waals surface area contributed by atoms with Crippen LogP contribution in [0.2, 0.25) is 5.02 Å². The third kappa shape index (κ3) is 2.19. The molecule has 0 amide bonds. The van der Waals surface area contributed by atoms with Gasteiger partial charge in [-0.25, -0.2) is 4.98 Å². The molecule has 0 aliphatic rings. The van der Waals surface area contributed by atoms with Crippen LogP contribution in [0.5, 0.6) is 0 Å². The zero-order valence-corrected chi connectivity index (χ0v) is 8.68. The molecule has 1 heterocycles. The highest BCUT2D eigenvalue weighted by atomic mass is 35.5. The Kier molecular flexibility index (Phi) is 2.58. The predicted octanol–water partition coefficient (Wildman–Crippen LogP) is 2.90. The number of hydrogen-bond donors (Lipinski definition) is 0. The maximum Gasteiger partial charge on any atom is 0.159 e. The van der Waals surface area contributed by atoms with Gasteiger partial charge in [0.2, 0.25) is 0 Å². The molecule has 0 bridgehead atoms. The number of rotatable bonds is 0. The smallest absolute Gasteiger partial charge is 0.159 e. The van der Waals surface area contributed by atoms with Gasteiger partial charge in [-0.05, 0) is 17.0 Å². The molecule has 0 unspecified atom stereocenters. The third-order valence-electron chi connectivity index (χ3n) is 1.81. The molecule has 3 heteroatoms. The first kappa shape index (κ1) is 10.0. The van der Waals surface area contributed by atoms with Gasteiger partial charge in [0.05, 0.1) is 5.02 Å². The van der Waals surface area contributed by atoms with Gasteiger partial charge in [0.1, 0.15) is 6.07 Å². The van der Waals surface area contributed by atoms with Crippen molar-refractivity contribution in [1.29, 1.82) is 5.26 Å². The summed E-state index contributed by atoms with van der Waals surface area (Å²) in [7, 11) is 0. The summed E-state index contributed by atoms with van der Waals surface area (Å²) in [6.45, 7) is 6.23. The number of aromatic nitrogens is 1. The van der Waals surface area contributed by atoms with Crippen molar-refractivity contribution in [3.05, 3.63) is 28.5 Å². The largest absolute Gasteiger partial charge is 0.244 e. The van der Waals surface area contributed by atoms with Gasteiger partial charge in [-0.1, -0.05) is 32.4 Å². The van der Waals surface area contributed by atoms with Crippen molar-refractivity contribution in [1.82, 2.24) is 4.98 Å². The fourth-order valence-electron chi connectivity index (χ4n) is 0.930. The Bertz CT molecular complexity index is 358. The Labute approximate surface area is 83.2 Å². The molecule has 1 aromatic heterocycles. The minimum absolute atomic E-state index is 0.0185. The average molecular weight is 195 g/mol. The van der Waals surface area contributed by atoms with Crippen LogP contribution in [0, 0.1) is 11.3 Å². The molecule has 0 saturated heterocycles. The fourth-order valence-corrected chi connectivity index (χ4v) is 1.14. The molecule has 1 rings (SSSR count). The number of nitrogens with zero attached hydrogens (tertiary/aromatic N) is 2. The molecule has 0 radical (unpaired) electrons. The third-order valence-corrected chi connectivity index (χ3v) is 2.10. The zero-order chi connectivity index (χ0) is 10.1. The van der Waals surface area contributed by atoms with Gasteiger partial charge in [0.15, 0.2) is 5.69 Å². The summed E-state index contributed by atoms with van der Waals surface area (Å²) in [6, 6.07) is 3.73.